The maximum absolute atomic E-state index is 13.0. The quantitative estimate of drug-likeness (QED) is 0.856. The topological polar surface area (TPSA) is 42.0 Å². The Morgan fingerprint density at radius 3 is 2.42 bits per heavy atom. The molecule has 1 aromatic carbocycles. The smallest absolute Gasteiger partial charge is 0.255 e. The fourth-order valence-corrected chi connectivity index (χ4v) is 1.71. The predicted octanol–water partition coefficient (Wildman–Crippen LogP) is 3.51. The van der Waals surface area contributed by atoms with Gasteiger partial charge < -0.3 is 5.32 Å². The van der Waals surface area contributed by atoms with Gasteiger partial charge in [-0.15, -0.1) is 0 Å². The second kappa shape index (κ2) is 5.40. The number of nitrogens with one attached hydrogen (secondary N) is 1. The molecule has 0 saturated heterocycles. The fourth-order valence-electron chi connectivity index (χ4n) is 1.36. The minimum Gasteiger partial charge on any atom is -0.321 e. The summed E-state index contributed by atoms with van der Waals surface area (Å²) in [5, 5.41) is 2.42. The van der Waals surface area contributed by atoms with Gasteiger partial charge in [0.25, 0.3) is 5.91 Å². The Bertz CT molecular complexity index is 626. The van der Waals surface area contributed by atoms with Gasteiger partial charge in [0.1, 0.15) is 0 Å². The van der Waals surface area contributed by atoms with E-state index in [0.717, 1.165) is 0 Å². The highest BCUT2D eigenvalue weighted by atomic mass is 79.9. The summed E-state index contributed by atoms with van der Waals surface area (Å²) in [6.07, 6.45) is 2.88. The lowest BCUT2D eigenvalue weighted by Gasteiger charge is -2.07. The van der Waals surface area contributed by atoms with Gasteiger partial charge in [0.2, 0.25) is 0 Å². The van der Waals surface area contributed by atoms with Crippen LogP contribution in [-0.4, -0.2) is 10.9 Å². The van der Waals surface area contributed by atoms with Crippen molar-refractivity contribution in [2.45, 2.75) is 0 Å². The van der Waals surface area contributed by atoms with Gasteiger partial charge in [0, 0.05) is 18.0 Å². The standard InChI is InChI=1S/C12H6BrF3N2O/c13-7-5-17-2-1-10(7)18-12(19)6-3-8(14)11(16)9(15)4-6/h1-5H,(H,17,18,19). The molecule has 7 heteroatoms. The summed E-state index contributed by atoms with van der Waals surface area (Å²) >= 11 is 3.15. The van der Waals surface area contributed by atoms with Crippen molar-refractivity contribution in [3.8, 4) is 0 Å². The maximum Gasteiger partial charge on any atom is 0.255 e. The molecule has 2 aromatic rings. The molecule has 1 amide bonds. The number of carbonyl (C=O) groups is 1. The highest BCUT2D eigenvalue weighted by Crippen LogP contribution is 2.21. The minimum atomic E-state index is -1.61. The predicted molar refractivity (Wildman–Crippen MR) is 66.2 cm³/mol. The van der Waals surface area contributed by atoms with Crippen molar-refractivity contribution < 1.29 is 18.0 Å². The van der Waals surface area contributed by atoms with Gasteiger partial charge >= 0.3 is 0 Å². The van der Waals surface area contributed by atoms with E-state index in [0.29, 0.717) is 22.3 Å². The third-order valence-electron chi connectivity index (χ3n) is 2.27. The van der Waals surface area contributed by atoms with Crippen LogP contribution in [0.3, 0.4) is 0 Å². The van der Waals surface area contributed by atoms with E-state index in [9.17, 15) is 18.0 Å². The fraction of sp³-hybridized carbons (Fsp3) is 0. The lowest BCUT2D eigenvalue weighted by Crippen LogP contribution is -2.13. The second-order valence-corrected chi connectivity index (χ2v) is 4.42. The van der Waals surface area contributed by atoms with Gasteiger partial charge in [-0.05, 0) is 34.1 Å². The molecule has 19 heavy (non-hydrogen) atoms. The number of aromatic nitrogens is 1. The SMILES string of the molecule is O=C(Nc1ccncc1Br)c1cc(F)c(F)c(F)c1. The molecule has 0 spiro atoms. The Balaban J connectivity index is 2.28. The van der Waals surface area contributed by atoms with E-state index in [4.69, 9.17) is 0 Å². The van der Waals surface area contributed by atoms with Gasteiger partial charge in [-0.1, -0.05) is 0 Å². The number of rotatable bonds is 2. The summed E-state index contributed by atoms with van der Waals surface area (Å²) in [7, 11) is 0. The van der Waals surface area contributed by atoms with Crippen LogP contribution in [0, 0.1) is 17.5 Å². The Morgan fingerprint density at radius 1 is 1.21 bits per heavy atom. The van der Waals surface area contributed by atoms with Gasteiger partial charge in [-0.3, -0.25) is 9.78 Å². The van der Waals surface area contributed by atoms with Crippen LogP contribution in [-0.2, 0) is 0 Å². The van der Waals surface area contributed by atoms with Crippen LogP contribution in [0.25, 0.3) is 0 Å². The van der Waals surface area contributed by atoms with E-state index in [-0.39, 0.29) is 5.56 Å². The lowest BCUT2D eigenvalue weighted by molar-refractivity contribution is 0.102. The van der Waals surface area contributed by atoms with Crippen LogP contribution in [0.15, 0.2) is 35.1 Å². The minimum absolute atomic E-state index is 0.319. The maximum atomic E-state index is 13.0. The lowest BCUT2D eigenvalue weighted by atomic mass is 10.2. The van der Waals surface area contributed by atoms with Crippen LogP contribution < -0.4 is 5.32 Å². The molecule has 2 rings (SSSR count). The van der Waals surface area contributed by atoms with E-state index >= 15 is 0 Å². The van der Waals surface area contributed by atoms with Crippen molar-refractivity contribution in [1.29, 1.82) is 0 Å². The molecule has 0 unspecified atom stereocenters. The Morgan fingerprint density at radius 2 is 1.84 bits per heavy atom. The van der Waals surface area contributed by atoms with Crippen LogP contribution in [0.5, 0.6) is 0 Å². The van der Waals surface area contributed by atoms with Crippen LogP contribution in [0.1, 0.15) is 10.4 Å². The van der Waals surface area contributed by atoms with Crippen LogP contribution in [0.4, 0.5) is 18.9 Å². The van der Waals surface area contributed by atoms with Gasteiger partial charge in [0.05, 0.1) is 10.2 Å². The molecule has 3 nitrogen and oxygen atoms in total. The molecule has 0 saturated carbocycles. The monoisotopic (exact) mass is 330 g/mol. The molecule has 0 aliphatic rings. The first-order valence-corrected chi connectivity index (χ1v) is 5.83. The van der Waals surface area contributed by atoms with Crippen molar-refractivity contribution in [2.24, 2.45) is 0 Å². The summed E-state index contributed by atoms with van der Waals surface area (Å²) < 4.78 is 39.3. The number of carbonyl (C=O) groups excluding carboxylic acids is 1. The summed E-state index contributed by atoms with van der Waals surface area (Å²) in [5.74, 6) is -5.20. The van der Waals surface area contributed by atoms with E-state index in [1.54, 1.807) is 0 Å². The van der Waals surface area contributed by atoms with E-state index in [2.05, 4.69) is 26.2 Å². The summed E-state index contributed by atoms with van der Waals surface area (Å²) in [6.45, 7) is 0. The van der Waals surface area contributed by atoms with Crippen molar-refractivity contribution in [1.82, 2.24) is 4.98 Å². The first-order chi connectivity index (χ1) is 8.99. The zero-order chi connectivity index (χ0) is 14.0. The molecule has 0 bridgehead atoms. The molecular weight excluding hydrogens is 325 g/mol. The molecule has 1 heterocycles. The molecule has 0 radical (unpaired) electrons. The number of nitrogens with zero attached hydrogens (tertiary/aromatic N) is 1. The van der Waals surface area contributed by atoms with Gasteiger partial charge in [-0.25, -0.2) is 13.2 Å². The number of pyridine rings is 1. The zero-order valence-electron chi connectivity index (χ0n) is 9.25. The average Bonchev–Trinajstić information content (AvgIpc) is 2.38. The number of hydrogen-bond acceptors (Lipinski definition) is 2. The van der Waals surface area contributed by atoms with Crippen molar-refractivity contribution in [3.63, 3.8) is 0 Å². The number of benzene rings is 1. The largest absolute Gasteiger partial charge is 0.321 e. The summed E-state index contributed by atoms with van der Waals surface area (Å²) in [6, 6.07) is 2.75. The Hall–Kier alpha value is -1.89. The molecule has 0 aliphatic heterocycles. The van der Waals surface area contributed by atoms with Crippen molar-refractivity contribution >= 4 is 27.5 Å². The van der Waals surface area contributed by atoms with E-state index in [1.807, 2.05) is 0 Å². The van der Waals surface area contributed by atoms with Crippen LogP contribution >= 0.6 is 15.9 Å². The zero-order valence-corrected chi connectivity index (χ0v) is 10.8. The van der Waals surface area contributed by atoms with Crippen LogP contribution in [0.2, 0.25) is 0 Å². The number of hydrogen-bond donors (Lipinski definition) is 1. The molecule has 1 aromatic heterocycles. The number of amides is 1. The highest BCUT2D eigenvalue weighted by molar-refractivity contribution is 9.10. The third kappa shape index (κ3) is 2.93. The Kier molecular flexibility index (Phi) is 3.84. The highest BCUT2D eigenvalue weighted by Gasteiger charge is 2.15. The number of anilines is 1. The molecule has 0 atom stereocenters. The van der Waals surface area contributed by atoms with Crippen molar-refractivity contribution in [2.75, 3.05) is 5.32 Å². The third-order valence-corrected chi connectivity index (χ3v) is 2.90. The molecule has 0 fully saturated rings. The first-order valence-electron chi connectivity index (χ1n) is 5.04. The summed E-state index contributed by atoms with van der Waals surface area (Å²) in [4.78, 5) is 15.6. The van der Waals surface area contributed by atoms with Gasteiger partial charge in [-0.2, -0.15) is 0 Å². The first kappa shape index (κ1) is 13.5. The summed E-state index contributed by atoms with van der Waals surface area (Å²) in [5.41, 5.74) is 0.0604. The molecular formula is C12H6BrF3N2O. The van der Waals surface area contributed by atoms with E-state index in [1.165, 1.54) is 18.5 Å². The Labute approximate surface area is 114 Å². The molecule has 98 valence electrons. The normalized spacial score (nSPS) is 10.3. The average molecular weight is 331 g/mol. The number of halogens is 4. The van der Waals surface area contributed by atoms with Crippen molar-refractivity contribution in [3.05, 3.63) is 58.1 Å². The molecule has 1 N–H and O–H groups in total. The van der Waals surface area contributed by atoms with E-state index < -0.39 is 23.4 Å². The molecule has 0 aliphatic carbocycles. The van der Waals surface area contributed by atoms with Gasteiger partial charge in [0.15, 0.2) is 17.5 Å². The second-order valence-electron chi connectivity index (χ2n) is 3.56.